The van der Waals surface area contributed by atoms with E-state index in [0.29, 0.717) is 17.9 Å². The van der Waals surface area contributed by atoms with Crippen molar-refractivity contribution < 1.29 is 0 Å². The topological polar surface area (TPSA) is 55.0 Å². The van der Waals surface area contributed by atoms with E-state index in [0.717, 1.165) is 24.2 Å². The zero-order chi connectivity index (χ0) is 12.4. The third kappa shape index (κ3) is 2.08. The van der Waals surface area contributed by atoms with E-state index in [9.17, 15) is 0 Å². The molecule has 2 rings (SSSR count). The van der Waals surface area contributed by atoms with Gasteiger partial charge in [-0.1, -0.05) is 13.8 Å². The highest BCUT2D eigenvalue weighted by Crippen LogP contribution is 2.33. The van der Waals surface area contributed by atoms with Gasteiger partial charge in [0.2, 0.25) is 0 Å². The van der Waals surface area contributed by atoms with Crippen molar-refractivity contribution in [3.63, 3.8) is 0 Å². The summed E-state index contributed by atoms with van der Waals surface area (Å²) in [4.78, 5) is 11.0. The molecular formula is C13H22N4. The van der Waals surface area contributed by atoms with Crippen LogP contribution in [0, 0.1) is 0 Å². The Bertz CT molecular complexity index is 391. The molecule has 4 heteroatoms. The van der Waals surface area contributed by atoms with Gasteiger partial charge >= 0.3 is 0 Å². The first kappa shape index (κ1) is 12.1. The fraction of sp³-hybridized carbons (Fsp3) is 0.692. The molecule has 1 saturated heterocycles. The summed E-state index contributed by atoms with van der Waals surface area (Å²) >= 11 is 0. The molecule has 0 bridgehead atoms. The van der Waals surface area contributed by atoms with Gasteiger partial charge in [0.05, 0.1) is 0 Å². The summed E-state index contributed by atoms with van der Waals surface area (Å²) in [6.45, 7) is 6.62. The lowest BCUT2D eigenvalue weighted by molar-refractivity contribution is 0.617. The van der Waals surface area contributed by atoms with Crippen LogP contribution in [0.2, 0.25) is 0 Å². The highest BCUT2D eigenvalue weighted by molar-refractivity contribution is 5.58. The fourth-order valence-corrected chi connectivity index (χ4v) is 2.83. The maximum Gasteiger partial charge on any atom is 0.137 e. The molecule has 0 aromatic carbocycles. The molecule has 1 aliphatic heterocycles. The highest BCUT2D eigenvalue weighted by atomic mass is 15.3. The number of nitrogen functional groups attached to an aromatic ring is 1. The Morgan fingerprint density at radius 2 is 2.12 bits per heavy atom. The van der Waals surface area contributed by atoms with Crippen LogP contribution in [-0.4, -0.2) is 22.1 Å². The lowest BCUT2D eigenvalue weighted by Gasteiger charge is -2.30. The van der Waals surface area contributed by atoms with Crippen molar-refractivity contribution in [1.29, 1.82) is 0 Å². The second-order valence-electron chi connectivity index (χ2n) is 4.81. The number of hydrogen-bond donors (Lipinski definition) is 1. The molecule has 2 atom stereocenters. The van der Waals surface area contributed by atoms with Gasteiger partial charge in [0.15, 0.2) is 0 Å². The molecule has 1 fully saturated rings. The van der Waals surface area contributed by atoms with Crippen LogP contribution in [0.15, 0.2) is 6.33 Å². The van der Waals surface area contributed by atoms with E-state index in [-0.39, 0.29) is 0 Å². The third-order valence-corrected chi connectivity index (χ3v) is 3.81. The predicted octanol–water partition coefficient (Wildman–Crippen LogP) is 2.39. The van der Waals surface area contributed by atoms with Crippen molar-refractivity contribution in [3.8, 4) is 0 Å². The maximum atomic E-state index is 5.95. The molecule has 17 heavy (non-hydrogen) atoms. The van der Waals surface area contributed by atoms with Gasteiger partial charge in [0, 0.05) is 17.6 Å². The van der Waals surface area contributed by atoms with Crippen molar-refractivity contribution in [2.75, 3.05) is 10.6 Å². The summed E-state index contributed by atoms with van der Waals surface area (Å²) in [7, 11) is 0. The zero-order valence-corrected chi connectivity index (χ0v) is 11.0. The highest BCUT2D eigenvalue weighted by Gasteiger charge is 2.31. The summed E-state index contributed by atoms with van der Waals surface area (Å²) in [6.07, 6.45) is 6.14. The quantitative estimate of drug-likeness (QED) is 0.872. The first-order valence-corrected chi connectivity index (χ1v) is 6.56. The van der Waals surface area contributed by atoms with Crippen LogP contribution in [0.1, 0.15) is 45.6 Å². The first-order valence-electron chi connectivity index (χ1n) is 6.56. The van der Waals surface area contributed by atoms with Crippen molar-refractivity contribution in [2.45, 2.75) is 58.5 Å². The molecule has 4 nitrogen and oxygen atoms in total. The standard InChI is InChI=1S/C13H22N4/c1-4-10-7-6-9(3)17(10)13-11(5-2)12(14)15-8-16-13/h8-10H,4-7H2,1-3H3,(H2,14,15,16). The Balaban J connectivity index is 2.41. The van der Waals surface area contributed by atoms with E-state index in [1.54, 1.807) is 6.33 Å². The first-order chi connectivity index (χ1) is 8.19. The minimum atomic E-state index is 0.555. The number of nitrogens with zero attached hydrogens (tertiary/aromatic N) is 3. The van der Waals surface area contributed by atoms with Gasteiger partial charge in [-0.15, -0.1) is 0 Å². The molecule has 2 heterocycles. The molecule has 1 aromatic heterocycles. The third-order valence-electron chi connectivity index (χ3n) is 3.81. The van der Waals surface area contributed by atoms with Crippen LogP contribution in [0.5, 0.6) is 0 Å². The second-order valence-corrected chi connectivity index (χ2v) is 4.81. The normalized spacial score (nSPS) is 24.3. The largest absolute Gasteiger partial charge is 0.383 e. The van der Waals surface area contributed by atoms with Gasteiger partial charge in [-0.2, -0.15) is 0 Å². The molecule has 2 unspecified atom stereocenters. The van der Waals surface area contributed by atoms with Gasteiger partial charge < -0.3 is 10.6 Å². The van der Waals surface area contributed by atoms with Crippen LogP contribution in [0.3, 0.4) is 0 Å². The number of nitrogens with two attached hydrogens (primary N) is 1. The second kappa shape index (κ2) is 4.90. The van der Waals surface area contributed by atoms with Crippen molar-refractivity contribution in [2.24, 2.45) is 0 Å². The minimum absolute atomic E-state index is 0.555. The van der Waals surface area contributed by atoms with Gasteiger partial charge in [-0.25, -0.2) is 9.97 Å². The molecule has 1 aliphatic rings. The molecule has 0 saturated carbocycles. The Hall–Kier alpha value is -1.32. The van der Waals surface area contributed by atoms with Crippen molar-refractivity contribution in [1.82, 2.24) is 9.97 Å². The summed E-state index contributed by atoms with van der Waals surface area (Å²) in [6, 6.07) is 1.16. The number of rotatable bonds is 3. The van der Waals surface area contributed by atoms with Gasteiger partial charge in [-0.3, -0.25) is 0 Å². The van der Waals surface area contributed by atoms with E-state index in [2.05, 4.69) is 35.6 Å². The van der Waals surface area contributed by atoms with E-state index in [1.807, 2.05) is 0 Å². The SMILES string of the molecule is CCc1c(N)ncnc1N1C(C)CCC1CC. The Labute approximate surface area is 103 Å². The van der Waals surface area contributed by atoms with Crippen LogP contribution in [0.4, 0.5) is 11.6 Å². The van der Waals surface area contributed by atoms with Gasteiger partial charge in [0.25, 0.3) is 0 Å². The summed E-state index contributed by atoms with van der Waals surface area (Å²) in [5.41, 5.74) is 7.05. The van der Waals surface area contributed by atoms with Crippen LogP contribution in [-0.2, 0) is 6.42 Å². The summed E-state index contributed by atoms with van der Waals surface area (Å²) in [5, 5.41) is 0. The Morgan fingerprint density at radius 3 is 2.76 bits per heavy atom. The molecule has 0 aliphatic carbocycles. The number of anilines is 2. The smallest absolute Gasteiger partial charge is 0.137 e. The van der Waals surface area contributed by atoms with Gasteiger partial charge in [-0.05, 0) is 32.6 Å². The number of aromatic nitrogens is 2. The monoisotopic (exact) mass is 234 g/mol. The van der Waals surface area contributed by atoms with Crippen LogP contribution < -0.4 is 10.6 Å². The average molecular weight is 234 g/mol. The van der Waals surface area contributed by atoms with Crippen molar-refractivity contribution in [3.05, 3.63) is 11.9 Å². The molecule has 0 spiro atoms. The zero-order valence-electron chi connectivity index (χ0n) is 11.0. The number of hydrogen-bond acceptors (Lipinski definition) is 4. The van der Waals surface area contributed by atoms with Crippen molar-refractivity contribution >= 4 is 11.6 Å². The maximum absolute atomic E-state index is 5.95. The van der Waals surface area contributed by atoms with Gasteiger partial charge in [0.1, 0.15) is 18.0 Å². The Morgan fingerprint density at radius 1 is 1.35 bits per heavy atom. The lowest BCUT2D eigenvalue weighted by atomic mass is 10.1. The lowest BCUT2D eigenvalue weighted by Crippen LogP contribution is -2.35. The average Bonchev–Trinajstić information content (AvgIpc) is 2.70. The Kier molecular flexibility index (Phi) is 3.50. The van der Waals surface area contributed by atoms with E-state index >= 15 is 0 Å². The van der Waals surface area contributed by atoms with E-state index in [1.165, 1.54) is 12.8 Å². The molecule has 2 N–H and O–H groups in total. The van der Waals surface area contributed by atoms with E-state index < -0.39 is 0 Å². The molecule has 0 radical (unpaired) electrons. The van der Waals surface area contributed by atoms with Crippen LogP contribution >= 0.6 is 0 Å². The summed E-state index contributed by atoms with van der Waals surface area (Å²) < 4.78 is 0. The molecule has 94 valence electrons. The fourth-order valence-electron chi connectivity index (χ4n) is 2.83. The predicted molar refractivity (Wildman–Crippen MR) is 71.1 cm³/mol. The molecule has 1 aromatic rings. The molecular weight excluding hydrogens is 212 g/mol. The summed E-state index contributed by atoms with van der Waals surface area (Å²) in [5.74, 6) is 1.68. The minimum Gasteiger partial charge on any atom is -0.383 e. The van der Waals surface area contributed by atoms with E-state index in [4.69, 9.17) is 5.73 Å². The van der Waals surface area contributed by atoms with Crippen LogP contribution in [0.25, 0.3) is 0 Å². The molecule has 0 amide bonds.